The molecule has 0 saturated carbocycles. The number of methoxy groups -OCH3 is 2. The fourth-order valence-electron chi connectivity index (χ4n) is 2.16. The van der Waals surface area contributed by atoms with Gasteiger partial charge >= 0.3 is 5.97 Å². The number of carbonyl (C=O) groups excluding carboxylic acids is 1. The van der Waals surface area contributed by atoms with Gasteiger partial charge in [0, 0.05) is 26.3 Å². The van der Waals surface area contributed by atoms with Crippen LogP contribution in [-0.2, 0) is 16.0 Å². The highest BCUT2D eigenvalue weighted by Crippen LogP contribution is 2.21. The topological polar surface area (TPSA) is 81.2 Å². The number of esters is 1. The molecule has 0 aromatic heterocycles. The Morgan fingerprint density at radius 2 is 2.00 bits per heavy atom. The summed E-state index contributed by atoms with van der Waals surface area (Å²) in [6.07, 6.45) is 0.910. The molecular formula is C18H29N3O4. The monoisotopic (exact) mass is 351 g/mol. The first-order valence-electron chi connectivity index (χ1n) is 8.51. The zero-order valence-electron chi connectivity index (χ0n) is 15.6. The molecular weight excluding hydrogens is 322 g/mol. The summed E-state index contributed by atoms with van der Waals surface area (Å²) in [5, 5.41) is 6.46. The molecule has 7 nitrogen and oxygen atoms in total. The number of nitrogens with one attached hydrogen (secondary N) is 2. The van der Waals surface area contributed by atoms with E-state index in [4.69, 9.17) is 14.2 Å². The van der Waals surface area contributed by atoms with Crippen LogP contribution in [0.4, 0.5) is 0 Å². The predicted molar refractivity (Wildman–Crippen MR) is 98.3 cm³/mol. The predicted octanol–water partition coefficient (Wildman–Crippen LogP) is 1.96. The van der Waals surface area contributed by atoms with Crippen molar-refractivity contribution in [3.05, 3.63) is 29.3 Å². The van der Waals surface area contributed by atoms with E-state index in [1.54, 1.807) is 12.1 Å². The van der Waals surface area contributed by atoms with Crippen LogP contribution in [0.5, 0.6) is 5.75 Å². The molecule has 140 valence electrons. The quantitative estimate of drug-likeness (QED) is 0.290. The lowest BCUT2D eigenvalue weighted by atomic mass is 10.1. The van der Waals surface area contributed by atoms with Crippen molar-refractivity contribution in [2.75, 3.05) is 40.5 Å². The van der Waals surface area contributed by atoms with Crippen LogP contribution >= 0.6 is 0 Å². The first kappa shape index (κ1) is 20.8. The van der Waals surface area contributed by atoms with Crippen molar-refractivity contribution >= 4 is 11.9 Å². The molecule has 0 unspecified atom stereocenters. The minimum absolute atomic E-state index is 0.396. The van der Waals surface area contributed by atoms with Crippen molar-refractivity contribution in [1.82, 2.24) is 10.6 Å². The number of rotatable bonds is 10. The number of hydrogen-bond donors (Lipinski definition) is 2. The molecule has 0 aliphatic rings. The minimum atomic E-state index is -0.427. The second kappa shape index (κ2) is 12.1. The third-order valence-electron chi connectivity index (χ3n) is 3.40. The van der Waals surface area contributed by atoms with Gasteiger partial charge in [0.2, 0.25) is 0 Å². The van der Waals surface area contributed by atoms with Crippen LogP contribution in [0.3, 0.4) is 0 Å². The van der Waals surface area contributed by atoms with E-state index in [0.717, 1.165) is 44.2 Å². The van der Waals surface area contributed by atoms with E-state index in [-0.39, 0.29) is 0 Å². The largest absolute Gasteiger partial charge is 0.496 e. The molecule has 0 heterocycles. The van der Waals surface area contributed by atoms with Crippen molar-refractivity contribution in [3.8, 4) is 5.75 Å². The van der Waals surface area contributed by atoms with Crippen LogP contribution in [0.15, 0.2) is 23.2 Å². The van der Waals surface area contributed by atoms with Gasteiger partial charge in [-0.25, -0.2) is 9.79 Å². The van der Waals surface area contributed by atoms with Gasteiger partial charge in [0.15, 0.2) is 5.96 Å². The molecule has 1 rings (SSSR count). The summed E-state index contributed by atoms with van der Waals surface area (Å²) in [5.74, 6) is 0.790. The summed E-state index contributed by atoms with van der Waals surface area (Å²) in [6, 6.07) is 5.37. The molecule has 0 spiro atoms. The number of guanidine groups is 1. The number of nitrogens with zero attached hydrogens (tertiary/aromatic N) is 1. The highest BCUT2D eigenvalue weighted by molar-refractivity contribution is 5.92. The number of ether oxygens (including phenoxy) is 3. The van der Waals surface area contributed by atoms with Crippen LogP contribution in [0.1, 0.15) is 36.2 Å². The Hall–Kier alpha value is -2.28. The summed E-state index contributed by atoms with van der Waals surface area (Å²) in [6.45, 7) is 7.44. The molecule has 2 N–H and O–H groups in total. The van der Waals surface area contributed by atoms with E-state index in [2.05, 4.69) is 15.6 Å². The maximum absolute atomic E-state index is 11.8. The smallest absolute Gasteiger partial charge is 0.341 e. The van der Waals surface area contributed by atoms with Gasteiger partial charge in [-0.2, -0.15) is 0 Å². The maximum atomic E-state index is 11.8. The molecule has 0 aliphatic heterocycles. The second-order valence-corrected chi connectivity index (χ2v) is 5.20. The van der Waals surface area contributed by atoms with Gasteiger partial charge < -0.3 is 24.8 Å². The maximum Gasteiger partial charge on any atom is 0.341 e. The fraction of sp³-hybridized carbons (Fsp3) is 0.556. The Kier molecular flexibility index (Phi) is 10.1. The average molecular weight is 351 g/mol. The van der Waals surface area contributed by atoms with E-state index in [0.29, 0.717) is 17.9 Å². The molecule has 7 heteroatoms. The lowest BCUT2D eigenvalue weighted by Crippen LogP contribution is -2.38. The van der Waals surface area contributed by atoms with Gasteiger partial charge in [-0.15, -0.1) is 0 Å². The van der Waals surface area contributed by atoms with Crippen molar-refractivity contribution < 1.29 is 19.0 Å². The molecule has 0 aliphatic carbocycles. The molecule has 0 fully saturated rings. The summed E-state index contributed by atoms with van der Waals surface area (Å²) in [5.41, 5.74) is 1.29. The third-order valence-corrected chi connectivity index (χ3v) is 3.40. The van der Waals surface area contributed by atoms with Crippen LogP contribution in [0.2, 0.25) is 0 Å². The van der Waals surface area contributed by atoms with Gasteiger partial charge in [-0.1, -0.05) is 6.07 Å². The van der Waals surface area contributed by atoms with Crippen molar-refractivity contribution in [2.24, 2.45) is 4.99 Å². The molecule has 1 aromatic rings. The summed E-state index contributed by atoms with van der Waals surface area (Å²) >= 11 is 0. The molecule has 0 radical (unpaired) electrons. The average Bonchev–Trinajstić information content (AvgIpc) is 2.64. The van der Waals surface area contributed by atoms with Crippen LogP contribution in [0, 0.1) is 0 Å². The van der Waals surface area contributed by atoms with E-state index in [9.17, 15) is 4.79 Å². The number of aliphatic imine (C=N–C) groups is 1. The van der Waals surface area contributed by atoms with E-state index >= 15 is 0 Å². The summed E-state index contributed by atoms with van der Waals surface area (Å²) in [4.78, 5) is 16.4. The van der Waals surface area contributed by atoms with Gasteiger partial charge in [-0.3, -0.25) is 0 Å². The Morgan fingerprint density at radius 3 is 2.64 bits per heavy atom. The Bertz CT molecular complexity index is 561. The summed E-state index contributed by atoms with van der Waals surface area (Å²) < 4.78 is 15.3. The van der Waals surface area contributed by atoms with Crippen LogP contribution < -0.4 is 15.4 Å². The van der Waals surface area contributed by atoms with Gasteiger partial charge in [0.05, 0.1) is 20.8 Å². The zero-order chi connectivity index (χ0) is 18.5. The minimum Gasteiger partial charge on any atom is -0.496 e. The fourth-order valence-corrected chi connectivity index (χ4v) is 2.16. The van der Waals surface area contributed by atoms with Crippen molar-refractivity contribution in [2.45, 2.75) is 26.8 Å². The van der Waals surface area contributed by atoms with Gasteiger partial charge in [-0.05, 0) is 38.0 Å². The Balaban J connectivity index is 2.72. The first-order chi connectivity index (χ1) is 12.2. The molecule has 0 saturated heterocycles. The SMILES string of the molecule is CCNC(=NCc1ccc(OC)c(C(=O)OC)c1)NCCCOCC. The highest BCUT2D eigenvalue weighted by Gasteiger charge is 2.13. The second-order valence-electron chi connectivity index (χ2n) is 5.20. The molecule has 1 aromatic carbocycles. The Morgan fingerprint density at radius 1 is 1.20 bits per heavy atom. The highest BCUT2D eigenvalue weighted by atomic mass is 16.5. The van der Waals surface area contributed by atoms with Crippen molar-refractivity contribution in [1.29, 1.82) is 0 Å². The van der Waals surface area contributed by atoms with Gasteiger partial charge in [0.1, 0.15) is 11.3 Å². The van der Waals surface area contributed by atoms with E-state index in [1.807, 2.05) is 19.9 Å². The van der Waals surface area contributed by atoms with Gasteiger partial charge in [0.25, 0.3) is 0 Å². The van der Waals surface area contributed by atoms with Crippen molar-refractivity contribution in [3.63, 3.8) is 0 Å². The Labute approximate surface area is 149 Å². The molecule has 0 atom stereocenters. The lowest BCUT2D eigenvalue weighted by molar-refractivity contribution is 0.0597. The van der Waals surface area contributed by atoms with E-state index in [1.165, 1.54) is 14.2 Å². The third kappa shape index (κ3) is 7.43. The molecule has 0 bridgehead atoms. The molecule has 0 amide bonds. The van der Waals surface area contributed by atoms with E-state index < -0.39 is 5.97 Å². The lowest BCUT2D eigenvalue weighted by Gasteiger charge is -2.12. The summed E-state index contributed by atoms with van der Waals surface area (Å²) in [7, 11) is 2.87. The standard InChI is InChI=1S/C18H29N3O4/c1-5-19-18(20-10-7-11-25-6-2)21-13-14-8-9-16(23-3)15(12-14)17(22)24-4/h8-9,12H,5-7,10-11,13H2,1-4H3,(H2,19,20,21). The molecule has 25 heavy (non-hydrogen) atoms. The number of carbonyl (C=O) groups is 1. The van der Waals surface area contributed by atoms with Crippen LogP contribution in [0.25, 0.3) is 0 Å². The number of benzene rings is 1. The number of hydrogen-bond acceptors (Lipinski definition) is 5. The normalized spacial score (nSPS) is 11.1. The first-order valence-corrected chi connectivity index (χ1v) is 8.51. The zero-order valence-corrected chi connectivity index (χ0v) is 15.6. The van der Waals surface area contributed by atoms with Crippen LogP contribution in [-0.4, -0.2) is 52.5 Å².